The van der Waals surface area contributed by atoms with Crippen molar-refractivity contribution in [2.45, 2.75) is 93.9 Å². The molecular weight excluding hydrogens is 240 g/mol. The summed E-state index contributed by atoms with van der Waals surface area (Å²) in [7, 11) is 0. The Bertz CT molecular complexity index is 272. The normalized spacial score (nSPS) is 17.9. The lowest BCUT2D eigenvalue weighted by Crippen LogP contribution is -2.21. The highest BCUT2D eigenvalue weighted by atomic mass is 14.3. The lowest BCUT2D eigenvalue weighted by Gasteiger charge is -2.32. The lowest BCUT2D eigenvalue weighted by molar-refractivity contribution is 0.307. The van der Waals surface area contributed by atoms with Gasteiger partial charge >= 0.3 is 0 Å². The Morgan fingerprint density at radius 2 is 1.40 bits per heavy atom. The molecule has 0 saturated carbocycles. The molecule has 0 spiro atoms. The van der Waals surface area contributed by atoms with Crippen molar-refractivity contribution in [2.75, 3.05) is 0 Å². The molecule has 20 heavy (non-hydrogen) atoms. The minimum atomic E-state index is 0.735. The molecular formula is C20H40. The smallest absolute Gasteiger partial charge is 0.0198 e. The summed E-state index contributed by atoms with van der Waals surface area (Å²) in [6.45, 7) is 19.1. The van der Waals surface area contributed by atoms with Gasteiger partial charge in [-0.15, -0.1) is 0 Å². The van der Waals surface area contributed by atoms with Crippen LogP contribution in [0.15, 0.2) is 11.1 Å². The van der Waals surface area contributed by atoms with Gasteiger partial charge in [0, 0.05) is 0 Å². The molecule has 0 aliphatic heterocycles. The lowest BCUT2D eigenvalue weighted by atomic mass is 9.74. The fourth-order valence-electron chi connectivity index (χ4n) is 3.37. The van der Waals surface area contributed by atoms with Crippen LogP contribution in [0.1, 0.15) is 93.9 Å². The SMILES string of the molecule is CCCCC(C)=C(C(C)CCCC)C(C)C(C)C(C)C. The second-order valence-corrected chi connectivity index (χ2v) is 7.27. The average Bonchev–Trinajstić information content (AvgIpc) is 2.41. The van der Waals surface area contributed by atoms with E-state index >= 15 is 0 Å². The highest BCUT2D eigenvalue weighted by molar-refractivity contribution is 5.18. The maximum absolute atomic E-state index is 2.47. The van der Waals surface area contributed by atoms with E-state index in [4.69, 9.17) is 0 Å². The molecule has 3 unspecified atom stereocenters. The third-order valence-corrected chi connectivity index (χ3v) is 5.25. The van der Waals surface area contributed by atoms with Gasteiger partial charge in [0.2, 0.25) is 0 Å². The van der Waals surface area contributed by atoms with Crippen molar-refractivity contribution in [3.8, 4) is 0 Å². The maximum atomic E-state index is 2.47. The monoisotopic (exact) mass is 280 g/mol. The van der Waals surface area contributed by atoms with Crippen LogP contribution in [0.25, 0.3) is 0 Å². The highest BCUT2D eigenvalue weighted by Crippen LogP contribution is 2.36. The molecule has 0 aromatic carbocycles. The first-order valence-corrected chi connectivity index (χ1v) is 9.06. The van der Waals surface area contributed by atoms with E-state index < -0.39 is 0 Å². The van der Waals surface area contributed by atoms with E-state index in [0.29, 0.717) is 0 Å². The van der Waals surface area contributed by atoms with Crippen molar-refractivity contribution in [3.63, 3.8) is 0 Å². The molecule has 0 heterocycles. The molecule has 0 fully saturated rings. The van der Waals surface area contributed by atoms with Crippen molar-refractivity contribution in [2.24, 2.45) is 23.7 Å². The molecule has 0 amide bonds. The standard InChI is InChI=1S/C20H40/c1-9-11-13-16(5)20(17(6)14-12-10-2)19(8)18(7)15(3)4/h15-16,18-19H,9-14H2,1-8H3. The van der Waals surface area contributed by atoms with Crippen LogP contribution in [0.5, 0.6) is 0 Å². The van der Waals surface area contributed by atoms with Crippen molar-refractivity contribution in [3.05, 3.63) is 11.1 Å². The largest absolute Gasteiger partial charge is 0.0736 e. The van der Waals surface area contributed by atoms with Crippen LogP contribution >= 0.6 is 0 Å². The third-order valence-electron chi connectivity index (χ3n) is 5.25. The van der Waals surface area contributed by atoms with Crippen molar-refractivity contribution < 1.29 is 0 Å². The second kappa shape index (κ2) is 10.5. The Balaban J connectivity index is 5.13. The van der Waals surface area contributed by atoms with Gasteiger partial charge < -0.3 is 0 Å². The van der Waals surface area contributed by atoms with E-state index in [1.807, 2.05) is 0 Å². The highest BCUT2D eigenvalue weighted by Gasteiger charge is 2.24. The van der Waals surface area contributed by atoms with E-state index in [1.165, 1.54) is 38.5 Å². The first-order chi connectivity index (χ1) is 9.36. The number of hydrogen-bond acceptors (Lipinski definition) is 0. The first-order valence-electron chi connectivity index (χ1n) is 9.06. The maximum Gasteiger partial charge on any atom is -0.0198 e. The van der Waals surface area contributed by atoms with E-state index in [1.54, 1.807) is 11.1 Å². The molecule has 0 radical (unpaired) electrons. The zero-order valence-corrected chi connectivity index (χ0v) is 15.6. The molecule has 0 saturated heterocycles. The molecule has 120 valence electrons. The minimum Gasteiger partial charge on any atom is -0.0736 e. The molecule has 0 aliphatic carbocycles. The molecule has 0 nitrogen and oxygen atoms in total. The summed E-state index contributed by atoms with van der Waals surface area (Å²) in [4.78, 5) is 0. The van der Waals surface area contributed by atoms with Gasteiger partial charge in [0.15, 0.2) is 0 Å². The molecule has 0 aliphatic rings. The second-order valence-electron chi connectivity index (χ2n) is 7.27. The van der Waals surface area contributed by atoms with E-state index in [2.05, 4.69) is 55.4 Å². The molecule has 0 heteroatoms. The summed E-state index contributed by atoms with van der Waals surface area (Å²) < 4.78 is 0. The van der Waals surface area contributed by atoms with Crippen molar-refractivity contribution >= 4 is 0 Å². The Morgan fingerprint density at radius 1 is 0.850 bits per heavy atom. The van der Waals surface area contributed by atoms with Crippen LogP contribution in [0.2, 0.25) is 0 Å². The van der Waals surface area contributed by atoms with Gasteiger partial charge in [0.25, 0.3) is 0 Å². The summed E-state index contributed by atoms with van der Waals surface area (Å²) in [5.74, 6) is 3.06. The van der Waals surface area contributed by atoms with E-state index in [9.17, 15) is 0 Å². The van der Waals surface area contributed by atoms with Crippen molar-refractivity contribution in [1.29, 1.82) is 0 Å². The number of hydrogen-bond donors (Lipinski definition) is 0. The minimum absolute atomic E-state index is 0.735. The fourth-order valence-corrected chi connectivity index (χ4v) is 3.37. The number of allylic oxidation sites excluding steroid dienone is 2. The Hall–Kier alpha value is -0.260. The van der Waals surface area contributed by atoms with Gasteiger partial charge in [-0.1, -0.05) is 78.9 Å². The molecule has 0 bridgehead atoms. The third kappa shape index (κ3) is 6.46. The topological polar surface area (TPSA) is 0 Å². The van der Waals surface area contributed by atoms with Gasteiger partial charge in [-0.05, 0) is 49.9 Å². The molecule has 0 N–H and O–H groups in total. The summed E-state index contributed by atoms with van der Waals surface area (Å²) in [5, 5.41) is 0. The summed E-state index contributed by atoms with van der Waals surface area (Å²) >= 11 is 0. The molecule has 0 aromatic rings. The zero-order valence-electron chi connectivity index (χ0n) is 15.6. The summed E-state index contributed by atoms with van der Waals surface area (Å²) in [5.41, 5.74) is 3.48. The predicted molar refractivity (Wildman–Crippen MR) is 94.1 cm³/mol. The summed E-state index contributed by atoms with van der Waals surface area (Å²) in [6.07, 6.45) is 8.01. The Kier molecular flexibility index (Phi) is 10.3. The van der Waals surface area contributed by atoms with Gasteiger partial charge in [0.1, 0.15) is 0 Å². The van der Waals surface area contributed by atoms with Gasteiger partial charge in [-0.25, -0.2) is 0 Å². The van der Waals surface area contributed by atoms with Crippen LogP contribution in [-0.2, 0) is 0 Å². The van der Waals surface area contributed by atoms with E-state index in [-0.39, 0.29) is 0 Å². The average molecular weight is 281 g/mol. The van der Waals surface area contributed by atoms with Crippen LogP contribution < -0.4 is 0 Å². The van der Waals surface area contributed by atoms with Crippen LogP contribution in [0, 0.1) is 23.7 Å². The number of rotatable bonds is 10. The zero-order chi connectivity index (χ0) is 15.7. The van der Waals surface area contributed by atoms with E-state index in [0.717, 1.165) is 23.7 Å². The Morgan fingerprint density at radius 3 is 1.85 bits per heavy atom. The fraction of sp³-hybridized carbons (Fsp3) is 0.900. The van der Waals surface area contributed by atoms with Gasteiger partial charge in [0.05, 0.1) is 0 Å². The van der Waals surface area contributed by atoms with Crippen molar-refractivity contribution in [1.82, 2.24) is 0 Å². The predicted octanol–water partition coefficient (Wildman–Crippen LogP) is 7.25. The van der Waals surface area contributed by atoms with Gasteiger partial charge in [-0.2, -0.15) is 0 Å². The Labute approximate surface area is 129 Å². The van der Waals surface area contributed by atoms with Gasteiger partial charge in [-0.3, -0.25) is 0 Å². The van der Waals surface area contributed by atoms with Crippen LogP contribution in [0.4, 0.5) is 0 Å². The number of unbranched alkanes of at least 4 members (excludes halogenated alkanes) is 2. The van der Waals surface area contributed by atoms with Crippen LogP contribution in [-0.4, -0.2) is 0 Å². The molecule has 3 atom stereocenters. The quantitative estimate of drug-likeness (QED) is 0.370. The molecule has 0 rings (SSSR count). The summed E-state index contributed by atoms with van der Waals surface area (Å²) in [6, 6.07) is 0. The first kappa shape index (κ1) is 19.7. The van der Waals surface area contributed by atoms with Crippen LogP contribution in [0.3, 0.4) is 0 Å². The molecule has 0 aromatic heterocycles.